The van der Waals surface area contributed by atoms with E-state index in [0.717, 1.165) is 43.9 Å². The lowest BCUT2D eigenvalue weighted by Crippen LogP contribution is -2.61. The molecule has 5 rings (SSSR count). The molecule has 1 N–H and O–H groups in total. The fourth-order valence-electron chi connectivity index (χ4n) is 5.29. The SMILES string of the molecule is COc1ccc(Cl)cc1N1CCN2c3ccccc3CC(C(=O)NCCc3ccccc3)C2C1. The number of carbonyl (C=O) groups is 1. The fraction of sp³-hybridized carbons (Fsp3) is 0.321. The second-order valence-corrected chi connectivity index (χ2v) is 9.43. The van der Waals surface area contributed by atoms with E-state index in [0.29, 0.717) is 11.6 Å². The summed E-state index contributed by atoms with van der Waals surface area (Å²) in [7, 11) is 1.68. The zero-order valence-electron chi connectivity index (χ0n) is 19.4. The number of piperazine rings is 1. The van der Waals surface area contributed by atoms with Crippen molar-refractivity contribution >= 4 is 28.9 Å². The summed E-state index contributed by atoms with van der Waals surface area (Å²) in [5, 5.41) is 3.90. The van der Waals surface area contributed by atoms with Gasteiger partial charge in [0.1, 0.15) is 5.75 Å². The minimum atomic E-state index is -0.126. The summed E-state index contributed by atoms with van der Waals surface area (Å²) in [6, 6.07) is 24.6. The van der Waals surface area contributed by atoms with Crippen LogP contribution in [0.1, 0.15) is 11.1 Å². The summed E-state index contributed by atoms with van der Waals surface area (Å²) in [4.78, 5) is 18.2. The Kier molecular flexibility index (Phi) is 6.63. The quantitative estimate of drug-likeness (QED) is 0.567. The standard InChI is InChI=1S/C28H30ClN3O2/c1-34-27-12-11-22(29)18-25(27)31-15-16-32-24-10-6-5-9-21(24)17-23(26(32)19-31)28(33)30-14-13-20-7-3-2-4-8-20/h2-12,18,23,26H,13-17,19H2,1H3,(H,30,33). The average molecular weight is 476 g/mol. The van der Waals surface area contributed by atoms with Gasteiger partial charge in [-0.15, -0.1) is 0 Å². The molecular formula is C28H30ClN3O2. The second-order valence-electron chi connectivity index (χ2n) is 8.99. The number of para-hydroxylation sites is 1. The first kappa shape index (κ1) is 22.6. The zero-order valence-corrected chi connectivity index (χ0v) is 20.2. The van der Waals surface area contributed by atoms with Gasteiger partial charge < -0.3 is 19.9 Å². The van der Waals surface area contributed by atoms with Crippen LogP contribution < -0.4 is 19.9 Å². The predicted octanol–water partition coefficient (Wildman–Crippen LogP) is 4.58. The molecule has 34 heavy (non-hydrogen) atoms. The molecule has 176 valence electrons. The molecule has 0 radical (unpaired) electrons. The van der Waals surface area contributed by atoms with E-state index in [4.69, 9.17) is 16.3 Å². The predicted molar refractivity (Wildman–Crippen MR) is 138 cm³/mol. The van der Waals surface area contributed by atoms with Crippen LogP contribution in [0, 0.1) is 5.92 Å². The van der Waals surface area contributed by atoms with Gasteiger partial charge in [-0.1, -0.05) is 60.1 Å². The van der Waals surface area contributed by atoms with E-state index in [1.807, 2.05) is 36.4 Å². The van der Waals surface area contributed by atoms with Crippen LogP contribution in [0.3, 0.4) is 0 Å². The second kappa shape index (κ2) is 9.98. The van der Waals surface area contributed by atoms with Crippen LogP contribution in [0.25, 0.3) is 0 Å². The number of nitrogens with zero attached hydrogens (tertiary/aromatic N) is 2. The van der Waals surface area contributed by atoms with E-state index in [1.165, 1.54) is 16.8 Å². The molecule has 2 aliphatic rings. The van der Waals surface area contributed by atoms with E-state index in [2.05, 4.69) is 51.5 Å². The summed E-state index contributed by atoms with van der Waals surface area (Å²) in [6.45, 7) is 3.05. The molecule has 2 heterocycles. The molecule has 0 aromatic heterocycles. The maximum Gasteiger partial charge on any atom is 0.225 e. The van der Waals surface area contributed by atoms with Crippen LogP contribution in [-0.4, -0.2) is 45.2 Å². The summed E-state index contributed by atoms with van der Waals surface area (Å²) in [6.07, 6.45) is 1.57. The Morgan fingerprint density at radius 2 is 1.82 bits per heavy atom. The number of anilines is 2. The third-order valence-corrected chi connectivity index (χ3v) is 7.23. The third kappa shape index (κ3) is 4.58. The third-order valence-electron chi connectivity index (χ3n) is 7.00. The lowest BCUT2D eigenvalue weighted by atomic mass is 9.83. The maximum atomic E-state index is 13.5. The Morgan fingerprint density at radius 1 is 1.03 bits per heavy atom. The van der Waals surface area contributed by atoms with Crippen molar-refractivity contribution in [3.05, 3.63) is 88.9 Å². The zero-order chi connectivity index (χ0) is 23.5. The monoisotopic (exact) mass is 475 g/mol. The molecular weight excluding hydrogens is 446 g/mol. The van der Waals surface area contributed by atoms with Gasteiger partial charge in [0.15, 0.2) is 0 Å². The highest BCUT2D eigenvalue weighted by Crippen LogP contribution is 2.39. The highest BCUT2D eigenvalue weighted by Gasteiger charge is 2.41. The first-order valence-electron chi connectivity index (χ1n) is 11.9. The van der Waals surface area contributed by atoms with E-state index in [-0.39, 0.29) is 17.9 Å². The van der Waals surface area contributed by atoms with Gasteiger partial charge in [-0.05, 0) is 48.2 Å². The van der Waals surface area contributed by atoms with Crippen LogP contribution in [0.5, 0.6) is 5.75 Å². The highest BCUT2D eigenvalue weighted by atomic mass is 35.5. The molecule has 0 spiro atoms. The number of ether oxygens (including phenoxy) is 1. The lowest BCUT2D eigenvalue weighted by Gasteiger charge is -2.49. The van der Waals surface area contributed by atoms with Crippen molar-refractivity contribution in [3.63, 3.8) is 0 Å². The maximum absolute atomic E-state index is 13.5. The van der Waals surface area contributed by atoms with E-state index in [9.17, 15) is 4.79 Å². The van der Waals surface area contributed by atoms with Crippen molar-refractivity contribution < 1.29 is 9.53 Å². The smallest absolute Gasteiger partial charge is 0.225 e. The van der Waals surface area contributed by atoms with E-state index >= 15 is 0 Å². The molecule has 2 unspecified atom stereocenters. The van der Waals surface area contributed by atoms with Crippen LogP contribution in [0.4, 0.5) is 11.4 Å². The van der Waals surface area contributed by atoms with Gasteiger partial charge >= 0.3 is 0 Å². The van der Waals surface area contributed by atoms with Crippen molar-refractivity contribution in [3.8, 4) is 5.75 Å². The van der Waals surface area contributed by atoms with Gasteiger partial charge in [0, 0.05) is 36.9 Å². The Labute approximate surface area is 206 Å². The number of fused-ring (bicyclic) bond motifs is 3. The van der Waals surface area contributed by atoms with Gasteiger partial charge in [0.2, 0.25) is 5.91 Å². The number of rotatable bonds is 6. The van der Waals surface area contributed by atoms with Crippen LogP contribution in [0.15, 0.2) is 72.8 Å². The van der Waals surface area contributed by atoms with Gasteiger partial charge in [0.25, 0.3) is 0 Å². The van der Waals surface area contributed by atoms with E-state index < -0.39 is 0 Å². The molecule has 1 saturated heterocycles. The molecule has 1 amide bonds. The minimum absolute atomic E-state index is 0.0732. The van der Waals surface area contributed by atoms with Crippen LogP contribution in [0.2, 0.25) is 5.02 Å². The molecule has 2 atom stereocenters. The fourth-order valence-corrected chi connectivity index (χ4v) is 5.46. The van der Waals surface area contributed by atoms with Crippen LogP contribution >= 0.6 is 11.6 Å². The molecule has 6 heteroatoms. The number of amides is 1. The minimum Gasteiger partial charge on any atom is -0.495 e. The molecule has 0 aliphatic carbocycles. The molecule has 3 aromatic carbocycles. The van der Waals surface area contributed by atoms with E-state index in [1.54, 1.807) is 7.11 Å². The topological polar surface area (TPSA) is 44.8 Å². The van der Waals surface area contributed by atoms with Crippen molar-refractivity contribution in [2.45, 2.75) is 18.9 Å². The summed E-state index contributed by atoms with van der Waals surface area (Å²) >= 11 is 6.33. The Morgan fingerprint density at radius 3 is 2.65 bits per heavy atom. The first-order chi connectivity index (χ1) is 16.6. The number of hydrogen-bond acceptors (Lipinski definition) is 4. The largest absolute Gasteiger partial charge is 0.495 e. The van der Waals surface area contributed by atoms with Crippen molar-refractivity contribution in [1.82, 2.24) is 5.32 Å². The summed E-state index contributed by atoms with van der Waals surface area (Å²) in [5.74, 6) is 0.803. The highest BCUT2D eigenvalue weighted by molar-refractivity contribution is 6.31. The number of halogens is 1. The van der Waals surface area contributed by atoms with Crippen molar-refractivity contribution in [2.24, 2.45) is 5.92 Å². The van der Waals surface area contributed by atoms with Crippen molar-refractivity contribution in [2.75, 3.05) is 43.1 Å². The molecule has 2 aliphatic heterocycles. The summed E-state index contributed by atoms with van der Waals surface area (Å²) in [5.41, 5.74) is 4.71. The Balaban J connectivity index is 1.37. The number of nitrogens with one attached hydrogen (secondary N) is 1. The molecule has 0 bridgehead atoms. The Hall–Kier alpha value is -3.18. The van der Waals surface area contributed by atoms with Gasteiger partial charge in [-0.3, -0.25) is 4.79 Å². The molecule has 1 fully saturated rings. The molecule has 5 nitrogen and oxygen atoms in total. The summed E-state index contributed by atoms with van der Waals surface area (Å²) < 4.78 is 5.62. The molecule has 3 aromatic rings. The number of carbonyl (C=O) groups excluding carboxylic acids is 1. The Bertz CT molecular complexity index is 1150. The number of hydrogen-bond donors (Lipinski definition) is 1. The normalized spacial score (nSPS) is 19.2. The number of methoxy groups -OCH3 is 1. The van der Waals surface area contributed by atoms with Crippen LogP contribution in [-0.2, 0) is 17.6 Å². The lowest BCUT2D eigenvalue weighted by molar-refractivity contribution is -0.125. The van der Waals surface area contributed by atoms with Gasteiger partial charge in [-0.2, -0.15) is 0 Å². The average Bonchev–Trinajstić information content (AvgIpc) is 2.88. The van der Waals surface area contributed by atoms with Gasteiger partial charge in [-0.25, -0.2) is 0 Å². The van der Waals surface area contributed by atoms with Crippen molar-refractivity contribution in [1.29, 1.82) is 0 Å². The van der Waals surface area contributed by atoms with Gasteiger partial charge in [0.05, 0.1) is 24.8 Å². The number of benzene rings is 3. The first-order valence-corrected chi connectivity index (χ1v) is 12.3. The molecule has 0 saturated carbocycles.